The second-order valence-corrected chi connectivity index (χ2v) is 6.19. The zero-order chi connectivity index (χ0) is 19.4. The molecule has 1 aromatic carbocycles. The van der Waals surface area contributed by atoms with E-state index in [1.54, 1.807) is 23.1 Å². The molecule has 144 valence electrons. The molecule has 0 radical (unpaired) electrons. The fraction of sp³-hybridized carbons (Fsp3) is 0.353. The maximum Gasteiger partial charge on any atom is 0.248 e. The molecule has 7 nitrogen and oxygen atoms in total. The van der Waals surface area contributed by atoms with E-state index in [1.807, 2.05) is 0 Å². The largest absolute Gasteiger partial charge is 0.345 e. The van der Waals surface area contributed by atoms with Gasteiger partial charge in [0, 0.05) is 12.4 Å². The number of amides is 2. The Morgan fingerprint density at radius 3 is 2.59 bits per heavy atom. The van der Waals surface area contributed by atoms with Crippen LogP contribution in [0.5, 0.6) is 0 Å². The molecule has 2 aromatic rings. The number of benzene rings is 1. The molecule has 0 spiro atoms. The van der Waals surface area contributed by atoms with Crippen molar-refractivity contribution in [3.05, 3.63) is 48.0 Å². The molecule has 3 rings (SSSR count). The van der Waals surface area contributed by atoms with Gasteiger partial charge in [-0.2, -0.15) is 5.10 Å². The third-order valence-corrected chi connectivity index (χ3v) is 4.52. The van der Waals surface area contributed by atoms with Crippen LogP contribution in [0.2, 0.25) is 0 Å². The summed E-state index contributed by atoms with van der Waals surface area (Å²) in [6, 6.07) is 3.31. The number of hydrogen-bond donors (Lipinski definition) is 3. The normalized spacial score (nSPS) is 16.0. The van der Waals surface area contributed by atoms with E-state index < -0.39 is 47.0 Å². The Bertz CT molecular complexity index is 835. The lowest BCUT2D eigenvalue weighted by molar-refractivity contribution is -0.133. The quantitative estimate of drug-likeness (QED) is 0.678. The molecule has 1 saturated heterocycles. The summed E-state index contributed by atoms with van der Waals surface area (Å²) in [5, 5.41) is 12.0. The number of halogens is 3. The van der Waals surface area contributed by atoms with Crippen LogP contribution in [0.3, 0.4) is 0 Å². The molecular weight excluding hydrogens is 363 g/mol. The van der Waals surface area contributed by atoms with E-state index in [-0.39, 0.29) is 0 Å². The molecule has 0 unspecified atom stereocenters. The average Bonchev–Trinajstić information content (AvgIpc) is 3.22. The monoisotopic (exact) mass is 381 g/mol. The van der Waals surface area contributed by atoms with E-state index in [9.17, 15) is 22.8 Å². The van der Waals surface area contributed by atoms with Gasteiger partial charge in [-0.15, -0.1) is 0 Å². The summed E-state index contributed by atoms with van der Waals surface area (Å²) in [5.74, 6) is -5.69. The fourth-order valence-electron chi connectivity index (χ4n) is 3.06. The van der Waals surface area contributed by atoms with Gasteiger partial charge in [-0.3, -0.25) is 14.3 Å². The summed E-state index contributed by atoms with van der Waals surface area (Å²) >= 11 is 0. The minimum Gasteiger partial charge on any atom is -0.345 e. The van der Waals surface area contributed by atoms with Crippen molar-refractivity contribution in [2.45, 2.75) is 18.4 Å². The molecule has 1 aromatic heterocycles. The van der Waals surface area contributed by atoms with Gasteiger partial charge in [0.25, 0.3) is 0 Å². The third-order valence-electron chi connectivity index (χ3n) is 4.52. The van der Waals surface area contributed by atoms with Crippen molar-refractivity contribution in [3.63, 3.8) is 0 Å². The van der Waals surface area contributed by atoms with Crippen molar-refractivity contribution in [3.8, 4) is 0 Å². The lowest BCUT2D eigenvalue weighted by Gasteiger charge is -2.36. The standard InChI is InChI=1S/C17H18F3N5O2/c18-11-2-3-12(15(20)14(11)19)24-13(26)10-22-16(27)17(4-7-21-8-5-17)25-9-1-6-23-25/h1-3,6,9,21H,4-5,7-8,10H2,(H,22,27)(H,24,26). The molecule has 0 saturated carbocycles. The van der Waals surface area contributed by atoms with Crippen LogP contribution in [0.1, 0.15) is 12.8 Å². The van der Waals surface area contributed by atoms with Crippen LogP contribution in [-0.2, 0) is 15.1 Å². The molecule has 1 fully saturated rings. The van der Waals surface area contributed by atoms with Crippen LogP contribution in [0.15, 0.2) is 30.6 Å². The molecule has 27 heavy (non-hydrogen) atoms. The van der Waals surface area contributed by atoms with Gasteiger partial charge in [-0.1, -0.05) is 0 Å². The first-order valence-corrected chi connectivity index (χ1v) is 8.36. The minimum absolute atomic E-state index is 0.395. The topological polar surface area (TPSA) is 88.0 Å². The van der Waals surface area contributed by atoms with Crippen LogP contribution >= 0.6 is 0 Å². The maximum absolute atomic E-state index is 13.6. The zero-order valence-corrected chi connectivity index (χ0v) is 14.3. The van der Waals surface area contributed by atoms with Gasteiger partial charge >= 0.3 is 0 Å². The molecule has 2 amide bonds. The lowest BCUT2D eigenvalue weighted by Crippen LogP contribution is -2.55. The van der Waals surface area contributed by atoms with E-state index in [0.717, 1.165) is 6.07 Å². The first-order valence-electron chi connectivity index (χ1n) is 8.36. The highest BCUT2D eigenvalue weighted by molar-refractivity contribution is 5.95. The number of nitrogens with one attached hydrogen (secondary N) is 3. The van der Waals surface area contributed by atoms with Crippen LogP contribution in [0.4, 0.5) is 18.9 Å². The molecule has 0 atom stereocenters. The Kier molecular flexibility index (Phi) is 5.45. The van der Waals surface area contributed by atoms with Gasteiger partial charge < -0.3 is 16.0 Å². The van der Waals surface area contributed by atoms with E-state index in [4.69, 9.17) is 0 Å². The predicted octanol–water partition coefficient (Wildman–Crippen LogP) is 1.13. The van der Waals surface area contributed by atoms with E-state index in [2.05, 4.69) is 21.0 Å². The fourth-order valence-corrected chi connectivity index (χ4v) is 3.06. The highest BCUT2D eigenvalue weighted by atomic mass is 19.2. The van der Waals surface area contributed by atoms with Crippen molar-refractivity contribution in [2.24, 2.45) is 0 Å². The Labute approximate surface area is 152 Å². The highest BCUT2D eigenvalue weighted by Crippen LogP contribution is 2.27. The average molecular weight is 381 g/mol. The molecule has 1 aliphatic rings. The van der Waals surface area contributed by atoms with Gasteiger partial charge in [-0.25, -0.2) is 13.2 Å². The molecule has 2 heterocycles. The molecule has 10 heteroatoms. The van der Waals surface area contributed by atoms with Crippen molar-refractivity contribution in [2.75, 3.05) is 25.0 Å². The van der Waals surface area contributed by atoms with Crippen molar-refractivity contribution < 1.29 is 22.8 Å². The van der Waals surface area contributed by atoms with Crippen molar-refractivity contribution in [1.82, 2.24) is 20.4 Å². The Balaban J connectivity index is 1.66. The van der Waals surface area contributed by atoms with Crippen LogP contribution in [0.25, 0.3) is 0 Å². The number of aromatic nitrogens is 2. The maximum atomic E-state index is 13.6. The first kappa shape index (κ1) is 18.9. The predicted molar refractivity (Wildman–Crippen MR) is 90.3 cm³/mol. The van der Waals surface area contributed by atoms with E-state index in [1.165, 1.54) is 0 Å². The summed E-state index contributed by atoms with van der Waals surface area (Å²) in [6.07, 6.45) is 4.22. The Hall–Kier alpha value is -2.88. The molecule has 0 aliphatic carbocycles. The molecule has 1 aliphatic heterocycles. The van der Waals surface area contributed by atoms with Crippen molar-refractivity contribution in [1.29, 1.82) is 0 Å². The van der Waals surface area contributed by atoms with Gasteiger partial charge in [0.15, 0.2) is 17.5 Å². The van der Waals surface area contributed by atoms with Crippen molar-refractivity contribution >= 4 is 17.5 Å². The van der Waals surface area contributed by atoms with Gasteiger partial charge in [0.2, 0.25) is 11.8 Å². The zero-order valence-electron chi connectivity index (χ0n) is 14.3. The summed E-state index contributed by atoms with van der Waals surface area (Å²) in [4.78, 5) is 24.8. The minimum atomic E-state index is -1.68. The first-order chi connectivity index (χ1) is 12.9. The van der Waals surface area contributed by atoms with Gasteiger partial charge in [-0.05, 0) is 44.1 Å². The number of carbonyl (C=O) groups is 2. The summed E-state index contributed by atoms with van der Waals surface area (Å²) in [6.45, 7) is 0.771. The number of piperidine rings is 1. The molecular formula is C17H18F3N5O2. The van der Waals surface area contributed by atoms with Crippen LogP contribution in [-0.4, -0.2) is 41.2 Å². The molecule has 3 N–H and O–H groups in total. The number of nitrogens with zero attached hydrogens (tertiary/aromatic N) is 2. The molecule has 0 bridgehead atoms. The lowest BCUT2D eigenvalue weighted by atomic mass is 9.87. The second kappa shape index (κ2) is 7.78. The summed E-state index contributed by atoms with van der Waals surface area (Å²) < 4.78 is 41.3. The smallest absolute Gasteiger partial charge is 0.248 e. The Morgan fingerprint density at radius 2 is 1.93 bits per heavy atom. The third kappa shape index (κ3) is 3.80. The van der Waals surface area contributed by atoms with Gasteiger partial charge in [0.05, 0.1) is 12.2 Å². The Morgan fingerprint density at radius 1 is 1.19 bits per heavy atom. The number of anilines is 1. The van der Waals surface area contributed by atoms with Crippen LogP contribution in [0, 0.1) is 17.5 Å². The SMILES string of the molecule is O=C(CNC(=O)C1(n2cccn2)CCNCC1)Nc1ccc(F)c(F)c1F. The number of rotatable bonds is 5. The van der Waals surface area contributed by atoms with Crippen LogP contribution < -0.4 is 16.0 Å². The second-order valence-electron chi connectivity index (χ2n) is 6.19. The van der Waals surface area contributed by atoms with Gasteiger partial charge in [0.1, 0.15) is 5.54 Å². The summed E-state index contributed by atoms with van der Waals surface area (Å²) in [5.41, 5.74) is -1.43. The van der Waals surface area contributed by atoms with E-state index in [0.29, 0.717) is 32.0 Å². The number of carbonyl (C=O) groups excluding carboxylic acids is 2. The summed E-state index contributed by atoms with van der Waals surface area (Å²) in [7, 11) is 0. The number of hydrogen-bond acceptors (Lipinski definition) is 4. The highest BCUT2D eigenvalue weighted by Gasteiger charge is 2.42. The van der Waals surface area contributed by atoms with E-state index >= 15 is 0 Å².